The van der Waals surface area contributed by atoms with Crippen molar-refractivity contribution in [2.75, 3.05) is 26.2 Å². The number of hydrogen-bond donors (Lipinski definition) is 1. The van der Waals surface area contributed by atoms with E-state index >= 15 is 0 Å². The molecule has 1 N–H and O–H groups in total. The number of rotatable bonds is 6. The Balaban J connectivity index is 1.34. The average molecular weight is 258 g/mol. The highest BCUT2D eigenvalue weighted by Gasteiger charge is 2.22. The van der Waals surface area contributed by atoms with E-state index in [-0.39, 0.29) is 0 Å². The van der Waals surface area contributed by atoms with Crippen LogP contribution in [0.15, 0.2) is 30.3 Å². The number of piperidine rings is 1. The van der Waals surface area contributed by atoms with Crippen LogP contribution in [0.1, 0.15) is 31.2 Å². The maximum atomic E-state index is 3.61. The fraction of sp³-hybridized carbons (Fsp3) is 0.647. The number of nitrogens with one attached hydrogen (secondary N) is 1. The van der Waals surface area contributed by atoms with E-state index in [9.17, 15) is 0 Å². The molecule has 1 saturated heterocycles. The molecule has 0 unspecified atom stereocenters. The molecule has 2 aliphatic rings. The van der Waals surface area contributed by atoms with E-state index in [1.807, 2.05) is 0 Å². The van der Waals surface area contributed by atoms with Crippen LogP contribution in [0.4, 0.5) is 0 Å². The minimum atomic E-state index is 0.857. The Kier molecular flexibility index (Phi) is 4.52. The van der Waals surface area contributed by atoms with Crippen molar-refractivity contribution < 1.29 is 0 Å². The Morgan fingerprint density at radius 3 is 2.42 bits per heavy atom. The average Bonchev–Trinajstić information content (AvgIpc) is 3.26. The normalized spacial score (nSPS) is 21.7. The highest BCUT2D eigenvalue weighted by atomic mass is 15.1. The third-order valence-electron chi connectivity index (χ3n) is 4.51. The van der Waals surface area contributed by atoms with E-state index < -0.39 is 0 Å². The van der Waals surface area contributed by atoms with Gasteiger partial charge in [0.2, 0.25) is 0 Å². The van der Waals surface area contributed by atoms with Gasteiger partial charge in [-0.05, 0) is 56.7 Å². The van der Waals surface area contributed by atoms with Crippen molar-refractivity contribution in [3.63, 3.8) is 0 Å². The molecule has 1 saturated carbocycles. The smallest absolute Gasteiger partial charge is 0.0107 e. The fourth-order valence-corrected chi connectivity index (χ4v) is 3.08. The standard InChI is InChI=1S/C17H26N2/c1-2-4-15(5-3-1)14-16-8-11-19(12-9-16)13-10-18-17-6-7-17/h1-5,16-18H,6-14H2. The predicted octanol–water partition coefficient (Wildman–Crippen LogP) is 2.69. The molecular formula is C17H26N2. The molecule has 104 valence electrons. The van der Waals surface area contributed by atoms with Gasteiger partial charge in [-0.3, -0.25) is 0 Å². The summed E-state index contributed by atoms with van der Waals surface area (Å²) in [5.41, 5.74) is 1.51. The minimum absolute atomic E-state index is 0.857. The third-order valence-corrected chi connectivity index (χ3v) is 4.51. The first kappa shape index (κ1) is 13.1. The lowest BCUT2D eigenvalue weighted by molar-refractivity contribution is 0.184. The zero-order valence-corrected chi connectivity index (χ0v) is 11.9. The van der Waals surface area contributed by atoms with Gasteiger partial charge in [0.05, 0.1) is 0 Å². The lowest BCUT2D eigenvalue weighted by Gasteiger charge is -2.32. The summed E-state index contributed by atoms with van der Waals surface area (Å²) in [6, 6.07) is 11.8. The van der Waals surface area contributed by atoms with E-state index in [0.717, 1.165) is 12.0 Å². The Morgan fingerprint density at radius 2 is 1.74 bits per heavy atom. The zero-order valence-electron chi connectivity index (χ0n) is 11.9. The molecule has 0 spiro atoms. The summed E-state index contributed by atoms with van der Waals surface area (Å²) in [7, 11) is 0. The van der Waals surface area contributed by atoms with E-state index in [2.05, 4.69) is 40.5 Å². The van der Waals surface area contributed by atoms with Crippen molar-refractivity contribution in [1.82, 2.24) is 10.2 Å². The molecule has 1 heterocycles. The van der Waals surface area contributed by atoms with Gasteiger partial charge in [0.1, 0.15) is 0 Å². The molecule has 1 aliphatic carbocycles. The molecule has 2 nitrogen and oxygen atoms in total. The summed E-state index contributed by atoms with van der Waals surface area (Å²) in [5, 5.41) is 3.61. The van der Waals surface area contributed by atoms with E-state index in [0.29, 0.717) is 0 Å². The molecule has 0 atom stereocenters. The van der Waals surface area contributed by atoms with Crippen molar-refractivity contribution in [1.29, 1.82) is 0 Å². The molecule has 0 radical (unpaired) electrons. The van der Waals surface area contributed by atoms with Crippen LogP contribution >= 0.6 is 0 Å². The third kappa shape index (κ3) is 4.32. The molecule has 0 aromatic heterocycles. The summed E-state index contributed by atoms with van der Waals surface area (Å²) in [6.45, 7) is 5.02. The molecular weight excluding hydrogens is 232 g/mol. The van der Waals surface area contributed by atoms with Crippen molar-refractivity contribution >= 4 is 0 Å². The van der Waals surface area contributed by atoms with Crippen LogP contribution in [-0.2, 0) is 6.42 Å². The largest absolute Gasteiger partial charge is 0.313 e. The van der Waals surface area contributed by atoms with Crippen LogP contribution < -0.4 is 5.32 Å². The number of nitrogens with zero attached hydrogens (tertiary/aromatic N) is 1. The first-order valence-electron chi connectivity index (χ1n) is 7.90. The second-order valence-corrected chi connectivity index (χ2v) is 6.20. The second-order valence-electron chi connectivity index (χ2n) is 6.20. The van der Waals surface area contributed by atoms with Crippen LogP contribution in [-0.4, -0.2) is 37.1 Å². The van der Waals surface area contributed by atoms with E-state index in [1.54, 1.807) is 0 Å². The summed E-state index contributed by atoms with van der Waals surface area (Å²) < 4.78 is 0. The van der Waals surface area contributed by atoms with Gasteiger partial charge in [0.25, 0.3) is 0 Å². The Bertz CT molecular complexity index is 364. The van der Waals surface area contributed by atoms with Crippen molar-refractivity contribution in [2.24, 2.45) is 5.92 Å². The highest BCUT2D eigenvalue weighted by Crippen LogP contribution is 2.22. The fourth-order valence-electron chi connectivity index (χ4n) is 3.08. The van der Waals surface area contributed by atoms with Gasteiger partial charge in [0, 0.05) is 19.1 Å². The van der Waals surface area contributed by atoms with Gasteiger partial charge < -0.3 is 10.2 Å². The van der Waals surface area contributed by atoms with Gasteiger partial charge in [-0.1, -0.05) is 30.3 Å². The van der Waals surface area contributed by atoms with Crippen molar-refractivity contribution in [3.05, 3.63) is 35.9 Å². The zero-order chi connectivity index (χ0) is 12.9. The molecule has 2 heteroatoms. The minimum Gasteiger partial charge on any atom is -0.313 e. The first-order chi connectivity index (χ1) is 9.40. The Hall–Kier alpha value is -0.860. The van der Waals surface area contributed by atoms with Gasteiger partial charge in [0.15, 0.2) is 0 Å². The maximum Gasteiger partial charge on any atom is 0.0107 e. The van der Waals surface area contributed by atoms with Gasteiger partial charge in [-0.15, -0.1) is 0 Å². The molecule has 0 bridgehead atoms. The topological polar surface area (TPSA) is 15.3 Å². The number of likely N-dealkylation sites (tertiary alicyclic amines) is 1. The molecule has 0 amide bonds. The molecule has 1 aromatic carbocycles. The Labute approximate surface area is 117 Å². The van der Waals surface area contributed by atoms with Gasteiger partial charge in [-0.25, -0.2) is 0 Å². The highest BCUT2D eigenvalue weighted by molar-refractivity contribution is 5.15. The summed E-state index contributed by atoms with van der Waals surface area (Å²) in [4.78, 5) is 2.64. The molecule has 3 rings (SSSR count). The van der Waals surface area contributed by atoms with Crippen molar-refractivity contribution in [3.8, 4) is 0 Å². The first-order valence-corrected chi connectivity index (χ1v) is 7.90. The molecule has 1 aromatic rings. The van der Waals surface area contributed by atoms with Crippen LogP contribution in [0.5, 0.6) is 0 Å². The monoisotopic (exact) mass is 258 g/mol. The van der Waals surface area contributed by atoms with E-state index in [4.69, 9.17) is 0 Å². The summed E-state index contributed by atoms with van der Waals surface area (Å²) >= 11 is 0. The van der Waals surface area contributed by atoms with Crippen LogP contribution in [0, 0.1) is 5.92 Å². The molecule has 1 aliphatic heterocycles. The SMILES string of the molecule is c1ccc(CC2CCN(CCNC3CC3)CC2)cc1. The summed E-state index contributed by atoms with van der Waals surface area (Å²) in [5.74, 6) is 0.898. The summed E-state index contributed by atoms with van der Waals surface area (Å²) in [6.07, 6.45) is 6.82. The van der Waals surface area contributed by atoms with Crippen molar-refractivity contribution in [2.45, 2.75) is 38.1 Å². The number of benzene rings is 1. The number of hydrogen-bond acceptors (Lipinski definition) is 2. The van der Waals surface area contributed by atoms with E-state index in [1.165, 1.54) is 63.8 Å². The van der Waals surface area contributed by atoms with Gasteiger partial charge in [-0.2, -0.15) is 0 Å². The lowest BCUT2D eigenvalue weighted by Crippen LogP contribution is -2.39. The van der Waals surface area contributed by atoms with Gasteiger partial charge >= 0.3 is 0 Å². The maximum absolute atomic E-state index is 3.61. The molecule has 2 fully saturated rings. The molecule has 19 heavy (non-hydrogen) atoms. The van der Waals surface area contributed by atoms with Crippen LogP contribution in [0.3, 0.4) is 0 Å². The predicted molar refractivity (Wildman–Crippen MR) is 80.3 cm³/mol. The lowest BCUT2D eigenvalue weighted by atomic mass is 9.90. The quantitative estimate of drug-likeness (QED) is 0.844. The van der Waals surface area contributed by atoms with Crippen LogP contribution in [0.25, 0.3) is 0 Å². The van der Waals surface area contributed by atoms with Crippen LogP contribution in [0.2, 0.25) is 0 Å². The second kappa shape index (κ2) is 6.53. The Morgan fingerprint density at radius 1 is 1.00 bits per heavy atom.